The molecule has 2 rings (SSSR count). The zero-order valence-corrected chi connectivity index (χ0v) is 18.1. The number of carbonyl (C=O) groups excluding carboxylic acids is 3. The summed E-state index contributed by atoms with van der Waals surface area (Å²) in [6.45, 7) is 7.64. The highest BCUT2D eigenvalue weighted by molar-refractivity contribution is 6.11. The van der Waals surface area contributed by atoms with E-state index in [9.17, 15) is 19.2 Å². The Balaban J connectivity index is 2.45. The SMILES string of the molecule is COC(=O)c1ccccc1C(=O)Nc1cc(C(=O)N(C(C)C)C(C)C)cn(C)c1=O. The molecule has 1 heterocycles. The Bertz CT molecular complexity index is 1020. The van der Waals surface area contributed by atoms with E-state index < -0.39 is 17.4 Å². The predicted molar refractivity (Wildman–Crippen MR) is 114 cm³/mol. The molecule has 0 saturated heterocycles. The van der Waals surface area contributed by atoms with Crippen molar-refractivity contribution in [1.29, 1.82) is 0 Å². The van der Waals surface area contributed by atoms with E-state index in [-0.39, 0.29) is 40.4 Å². The van der Waals surface area contributed by atoms with Crippen LogP contribution in [-0.2, 0) is 11.8 Å². The normalized spacial score (nSPS) is 10.8. The van der Waals surface area contributed by atoms with E-state index >= 15 is 0 Å². The van der Waals surface area contributed by atoms with Gasteiger partial charge in [0, 0.05) is 25.3 Å². The highest BCUT2D eigenvalue weighted by atomic mass is 16.5. The van der Waals surface area contributed by atoms with E-state index in [1.54, 1.807) is 17.0 Å². The summed E-state index contributed by atoms with van der Waals surface area (Å²) in [5.74, 6) is -1.56. The molecule has 0 unspecified atom stereocenters. The van der Waals surface area contributed by atoms with Crippen molar-refractivity contribution >= 4 is 23.5 Å². The maximum Gasteiger partial charge on any atom is 0.338 e. The van der Waals surface area contributed by atoms with E-state index in [1.807, 2.05) is 27.7 Å². The van der Waals surface area contributed by atoms with Crippen molar-refractivity contribution in [3.05, 3.63) is 63.6 Å². The standard InChI is InChI=1S/C22H27N3O5/c1-13(2)25(14(3)4)20(27)15-11-18(21(28)24(5)12-15)23-19(26)16-9-7-8-10-17(16)22(29)30-6/h7-14H,1-6H3,(H,23,26). The number of methoxy groups -OCH3 is 1. The molecule has 0 aliphatic rings. The fourth-order valence-corrected chi connectivity index (χ4v) is 3.29. The van der Waals surface area contributed by atoms with Crippen molar-refractivity contribution in [2.45, 2.75) is 39.8 Å². The second kappa shape index (κ2) is 9.39. The summed E-state index contributed by atoms with van der Waals surface area (Å²) in [5.41, 5.74) is -0.117. The minimum atomic E-state index is -0.665. The van der Waals surface area contributed by atoms with Crippen molar-refractivity contribution in [1.82, 2.24) is 9.47 Å². The first-order valence-corrected chi connectivity index (χ1v) is 9.60. The summed E-state index contributed by atoms with van der Waals surface area (Å²) in [6, 6.07) is 7.40. The average Bonchev–Trinajstić information content (AvgIpc) is 2.69. The number of nitrogens with one attached hydrogen (secondary N) is 1. The quantitative estimate of drug-likeness (QED) is 0.735. The van der Waals surface area contributed by atoms with Crippen LogP contribution in [0.4, 0.5) is 5.69 Å². The van der Waals surface area contributed by atoms with Gasteiger partial charge in [0.15, 0.2) is 0 Å². The van der Waals surface area contributed by atoms with Crippen LogP contribution in [0.1, 0.15) is 58.8 Å². The van der Waals surface area contributed by atoms with Gasteiger partial charge in [-0.1, -0.05) is 12.1 Å². The molecule has 2 amide bonds. The van der Waals surface area contributed by atoms with Gasteiger partial charge in [-0.2, -0.15) is 0 Å². The third kappa shape index (κ3) is 4.76. The van der Waals surface area contributed by atoms with Crippen molar-refractivity contribution in [2.24, 2.45) is 7.05 Å². The molecule has 0 bridgehead atoms. The summed E-state index contributed by atoms with van der Waals surface area (Å²) in [7, 11) is 2.73. The van der Waals surface area contributed by atoms with Gasteiger partial charge in [0.05, 0.1) is 23.8 Å². The number of hydrogen-bond donors (Lipinski definition) is 1. The van der Waals surface area contributed by atoms with Crippen LogP contribution < -0.4 is 10.9 Å². The Labute approximate surface area is 175 Å². The maximum absolute atomic E-state index is 13.0. The Morgan fingerprint density at radius 1 is 1.03 bits per heavy atom. The van der Waals surface area contributed by atoms with E-state index in [0.29, 0.717) is 0 Å². The molecule has 0 aliphatic carbocycles. The number of pyridine rings is 1. The highest BCUT2D eigenvalue weighted by Crippen LogP contribution is 2.16. The Morgan fingerprint density at radius 3 is 2.13 bits per heavy atom. The number of hydrogen-bond acceptors (Lipinski definition) is 5. The maximum atomic E-state index is 13.0. The number of aryl methyl sites for hydroxylation is 1. The zero-order valence-electron chi connectivity index (χ0n) is 18.1. The highest BCUT2D eigenvalue weighted by Gasteiger charge is 2.24. The number of anilines is 1. The van der Waals surface area contributed by atoms with Crippen LogP contribution in [0.5, 0.6) is 0 Å². The lowest BCUT2D eigenvalue weighted by Gasteiger charge is -2.31. The molecule has 0 aliphatic heterocycles. The molecule has 8 nitrogen and oxygen atoms in total. The largest absolute Gasteiger partial charge is 0.465 e. The number of benzene rings is 1. The first kappa shape index (κ1) is 22.9. The average molecular weight is 413 g/mol. The van der Waals surface area contributed by atoms with E-state index in [0.717, 1.165) is 0 Å². The molecule has 160 valence electrons. The van der Waals surface area contributed by atoms with Crippen LogP contribution in [0.25, 0.3) is 0 Å². The number of carbonyl (C=O) groups is 3. The summed E-state index contributed by atoms with van der Waals surface area (Å²) in [4.78, 5) is 52.0. The van der Waals surface area contributed by atoms with Crippen LogP contribution in [0, 0.1) is 0 Å². The van der Waals surface area contributed by atoms with Crippen molar-refractivity contribution in [2.75, 3.05) is 12.4 Å². The molecule has 0 radical (unpaired) electrons. The molecule has 1 aromatic heterocycles. The molecule has 2 aromatic rings. The smallest absolute Gasteiger partial charge is 0.338 e. The van der Waals surface area contributed by atoms with Gasteiger partial charge in [0.1, 0.15) is 5.69 Å². The predicted octanol–water partition coefficient (Wildman–Crippen LogP) is 2.68. The lowest BCUT2D eigenvalue weighted by molar-refractivity contribution is 0.0596. The third-order valence-electron chi connectivity index (χ3n) is 4.60. The number of rotatable bonds is 6. The Hall–Kier alpha value is -3.42. The van der Waals surface area contributed by atoms with E-state index in [1.165, 1.54) is 43.1 Å². The second-order valence-corrected chi connectivity index (χ2v) is 7.45. The topological polar surface area (TPSA) is 97.7 Å². The molecule has 1 N–H and O–H groups in total. The summed E-state index contributed by atoms with van der Waals surface area (Å²) >= 11 is 0. The molecular weight excluding hydrogens is 386 g/mol. The van der Waals surface area contributed by atoms with Crippen molar-refractivity contribution in [3.63, 3.8) is 0 Å². The fraction of sp³-hybridized carbons (Fsp3) is 0.364. The number of amides is 2. The van der Waals surface area contributed by atoms with Crippen molar-refractivity contribution in [3.8, 4) is 0 Å². The van der Waals surface area contributed by atoms with Gasteiger partial charge in [-0.25, -0.2) is 4.79 Å². The van der Waals surface area contributed by atoms with Gasteiger partial charge in [-0.15, -0.1) is 0 Å². The summed E-state index contributed by atoms with van der Waals surface area (Å²) < 4.78 is 5.95. The summed E-state index contributed by atoms with van der Waals surface area (Å²) in [6.07, 6.45) is 1.44. The number of nitrogens with zero attached hydrogens (tertiary/aromatic N) is 2. The molecule has 1 aromatic carbocycles. The Kier molecular flexibility index (Phi) is 7.15. The van der Waals surface area contributed by atoms with Gasteiger partial charge in [-0.3, -0.25) is 14.4 Å². The molecule has 30 heavy (non-hydrogen) atoms. The minimum Gasteiger partial charge on any atom is -0.465 e. The van der Waals surface area contributed by atoms with Crippen LogP contribution in [0.2, 0.25) is 0 Å². The summed E-state index contributed by atoms with van der Waals surface area (Å²) in [5, 5.41) is 2.53. The van der Waals surface area contributed by atoms with Gasteiger partial charge in [0.2, 0.25) is 0 Å². The van der Waals surface area contributed by atoms with Crippen LogP contribution >= 0.6 is 0 Å². The van der Waals surface area contributed by atoms with Gasteiger partial charge < -0.3 is 19.5 Å². The number of ether oxygens (including phenoxy) is 1. The van der Waals surface area contributed by atoms with Gasteiger partial charge in [0.25, 0.3) is 17.4 Å². The molecule has 0 saturated carbocycles. The molecule has 0 spiro atoms. The third-order valence-corrected chi connectivity index (χ3v) is 4.60. The second-order valence-electron chi connectivity index (χ2n) is 7.45. The van der Waals surface area contributed by atoms with Crippen LogP contribution in [-0.4, -0.2) is 46.4 Å². The number of aromatic nitrogens is 1. The van der Waals surface area contributed by atoms with Gasteiger partial charge in [-0.05, 0) is 45.9 Å². The van der Waals surface area contributed by atoms with E-state index in [4.69, 9.17) is 4.74 Å². The number of esters is 1. The first-order chi connectivity index (χ1) is 14.1. The Morgan fingerprint density at radius 2 is 1.60 bits per heavy atom. The lowest BCUT2D eigenvalue weighted by atomic mass is 10.1. The zero-order chi connectivity index (χ0) is 22.6. The van der Waals surface area contributed by atoms with E-state index in [2.05, 4.69) is 5.32 Å². The van der Waals surface area contributed by atoms with Crippen LogP contribution in [0.3, 0.4) is 0 Å². The minimum absolute atomic E-state index is 0.0419. The van der Waals surface area contributed by atoms with Crippen LogP contribution in [0.15, 0.2) is 41.3 Å². The molecule has 0 fully saturated rings. The molecule has 8 heteroatoms. The first-order valence-electron chi connectivity index (χ1n) is 9.60. The van der Waals surface area contributed by atoms with Gasteiger partial charge >= 0.3 is 5.97 Å². The monoisotopic (exact) mass is 413 g/mol. The lowest BCUT2D eigenvalue weighted by Crippen LogP contribution is -2.42. The van der Waals surface area contributed by atoms with Crippen molar-refractivity contribution < 1.29 is 19.1 Å². The molecular formula is C22H27N3O5. The molecule has 0 atom stereocenters. The fourth-order valence-electron chi connectivity index (χ4n) is 3.29.